The van der Waals surface area contributed by atoms with Crippen LogP contribution in [0.5, 0.6) is 28.7 Å². The molecule has 0 atom stereocenters. The molecule has 1 aliphatic rings. The normalized spacial score (nSPS) is 13.3. The van der Waals surface area contributed by atoms with Gasteiger partial charge in [0.2, 0.25) is 0 Å². The molecule has 0 amide bonds. The Morgan fingerprint density at radius 3 is 1.33 bits per heavy atom. The first kappa shape index (κ1) is 33.5. The fourth-order valence-electron chi connectivity index (χ4n) is 7.19. The smallest absolute Gasteiger partial charge is 0.122 e. The molecule has 0 spiro atoms. The first-order valence-corrected chi connectivity index (χ1v) is 17.1. The maximum atomic E-state index is 11.8. The van der Waals surface area contributed by atoms with Gasteiger partial charge in [0.15, 0.2) is 0 Å². The first-order valence-electron chi connectivity index (χ1n) is 17.1. The largest absolute Gasteiger partial charge is 0.508 e. The summed E-state index contributed by atoms with van der Waals surface area (Å²) in [6, 6.07) is 25.8. The van der Waals surface area contributed by atoms with Gasteiger partial charge < -0.3 is 25.5 Å². The monoisotopic (exact) mass is 652 g/mol. The lowest BCUT2D eigenvalue weighted by molar-refractivity contribution is 0.411. The predicted molar refractivity (Wildman–Crippen MR) is 198 cm³/mol. The van der Waals surface area contributed by atoms with Gasteiger partial charge in [-0.1, -0.05) is 81.0 Å². The molecule has 0 bridgehead atoms. The Kier molecular flexibility index (Phi) is 10.1. The Morgan fingerprint density at radius 1 is 0.469 bits per heavy atom. The van der Waals surface area contributed by atoms with Crippen LogP contribution in [0, 0.1) is 0 Å². The predicted octanol–water partition coefficient (Wildman–Crippen LogP) is 9.91. The van der Waals surface area contributed by atoms with E-state index in [0.29, 0.717) is 31.2 Å². The van der Waals surface area contributed by atoms with Crippen LogP contribution >= 0.6 is 0 Å². The minimum atomic E-state index is 0.179. The van der Waals surface area contributed by atoms with Crippen molar-refractivity contribution >= 4 is 12.2 Å². The fourth-order valence-corrected chi connectivity index (χ4v) is 7.19. The molecule has 0 radical (unpaired) electrons. The Balaban J connectivity index is 1.39. The van der Waals surface area contributed by atoms with Gasteiger partial charge in [-0.05, 0) is 128 Å². The molecule has 250 valence electrons. The summed E-state index contributed by atoms with van der Waals surface area (Å²) in [4.78, 5) is 0. The van der Waals surface area contributed by atoms with Crippen molar-refractivity contribution in [1.29, 1.82) is 0 Å². The Hall–Kier alpha value is -5.42. The zero-order valence-electron chi connectivity index (χ0n) is 27.8. The zero-order chi connectivity index (χ0) is 34.5. The summed E-state index contributed by atoms with van der Waals surface area (Å²) in [7, 11) is 0. The van der Waals surface area contributed by atoms with E-state index in [9.17, 15) is 25.5 Å². The number of phenols is 5. The molecular weight excluding hydrogens is 608 g/mol. The summed E-state index contributed by atoms with van der Waals surface area (Å²) in [6.45, 7) is 7.96. The highest BCUT2D eigenvalue weighted by molar-refractivity contribution is 5.60. The molecule has 5 nitrogen and oxygen atoms in total. The molecule has 0 unspecified atom stereocenters. The lowest BCUT2D eigenvalue weighted by Gasteiger charge is -2.25. The second-order valence-corrected chi connectivity index (χ2v) is 13.4. The Morgan fingerprint density at radius 2 is 0.878 bits per heavy atom. The highest BCUT2D eigenvalue weighted by Crippen LogP contribution is 2.42. The summed E-state index contributed by atoms with van der Waals surface area (Å²) >= 11 is 0. The SMILES string of the molecule is C=Cc1cc(Cc2ccc(O)cc2)c(O)c(Cc2cc(Cc3cc(C=C)cc(Cc4ccc(O)cc4)c3O)c(O)c(C3CCCCC3)c2)c1. The minimum Gasteiger partial charge on any atom is -0.508 e. The van der Waals surface area contributed by atoms with Crippen LogP contribution in [0.2, 0.25) is 0 Å². The molecule has 1 saturated carbocycles. The molecule has 0 saturated heterocycles. The quantitative estimate of drug-likeness (QED) is 0.0978. The van der Waals surface area contributed by atoms with Crippen molar-refractivity contribution in [3.05, 3.63) is 159 Å². The molecule has 5 N–H and O–H groups in total. The van der Waals surface area contributed by atoms with Crippen molar-refractivity contribution in [3.8, 4) is 28.7 Å². The van der Waals surface area contributed by atoms with Crippen LogP contribution in [0.1, 0.15) is 99.2 Å². The Bertz CT molecular complexity index is 1970. The van der Waals surface area contributed by atoms with Crippen LogP contribution in [-0.4, -0.2) is 25.5 Å². The molecule has 0 aromatic heterocycles. The average Bonchev–Trinajstić information content (AvgIpc) is 3.11. The molecule has 5 aromatic rings. The van der Waals surface area contributed by atoms with Crippen molar-refractivity contribution < 1.29 is 25.5 Å². The molecule has 1 fully saturated rings. The number of phenolic OH excluding ortho intramolecular Hbond substituents is 5. The van der Waals surface area contributed by atoms with Crippen molar-refractivity contribution in [2.75, 3.05) is 0 Å². The third-order valence-corrected chi connectivity index (χ3v) is 9.81. The van der Waals surface area contributed by atoms with E-state index in [0.717, 1.165) is 81.3 Å². The van der Waals surface area contributed by atoms with Gasteiger partial charge in [-0.3, -0.25) is 0 Å². The van der Waals surface area contributed by atoms with E-state index < -0.39 is 0 Å². The highest BCUT2D eigenvalue weighted by Gasteiger charge is 2.23. The van der Waals surface area contributed by atoms with Crippen molar-refractivity contribution in [1.82, 2.24) is 0 Å². The lowest BCUT2D eigenvalue weighted by atomic mass is 9.81. The van der Waals surface area contributed by atoms with Crippen LogP contribution in [0.4, 0.5) is 0 Å². The van der Waals surface area contributed by atoms with E-state index in [1.54, 1.807) is 36.4 Å². The number of rotatable bonds is 11. The van der Waals surface area contributed by atoms with Gasteiger partial charge in [0.05, 0.1) is 0 Å². The molecule has 6 rings (SSSR count). The maximum absolute atomic E-state index is 11.8. The molecule has 0 aliphatic heterocycles. The summed E-state index contributed by atoms with van der Waals surface area (Å²) in [5, 5.41) is 54.3. The molecule has 5 aromatic carbocycles. The Labute approximate surface area is 288 Å². The number of benzene rings is 5. The van der Waals surface area contributed by atoms with E-state index >= 15 is 0 Å². The van der Waals surface area contributed by atoms with E-state index in [1.165, 1.54) is 6.42 Å². The summed E-state index contributed by atoms with van der Waals surface area (Å²) in [5.74, 6) is 1.31. The fraction of sp³-hybridized carbons (Fsp3) is 0.227. The van der Waals surface area contributed by atoms with Crippen LogP contribution < -0.4 is 0 Å². The molecule has 49 heavy (non-hydrogen) atoms. The van der Waals surface area contributed by atoms with Crippen molar-refractivity contribution in [3.63, 3.8) is 0 Å². The summed E-state index contributed by atoms with van der Waals surface area (Å²) in [5.41, 5.74) is 9.32. The van der Waals surface area contributed by atoms with E-state index in [4.69, 9.17) is 0 Å². The summed E-state index contributed by atoms with van der Waals surface area (Å²) < 4.78 is 0. The van der Waals surface area contributed by atoms with Gasteiger partial charge in [0, 0.05) is 25.7 Å². The van der Waals surface area contributed by atoms with Gasteiger partial charge in [-0.2, -0.15) is 0 Å². The van der Waals surface area contributed by atoms with Gasteiger partial charge >= 0.3 is 0 Å². The van der Waals surface area contributed by atoms with E-state index in [1.807, 2.05) is 54.6 Å². The van der Waals surface area contributed by atoms with Crippen molar-refractivity contribution in [2.45, 2.75) is 63.7 Å². The topological polar surface area (TPSA) is 101 Å². The molecule has 0 heterocycles. The average molecular weight is 653 g/mol. The zero-order valence-corrected chi connectivity index (χ0v) is 27.8. The van der Waals surface area contributed by atoms with Crippen LogP contribution in [0.15, 0.2) is 98.1 Å². The lowest BCUT2D eigenvalue weighted by Crippen LogP contribution is -2.07. The van der Waals surface area contributed by atoms with Crippen LogP contribution in [-0.2, 0) is 25.7 Å². The number of hydrogen-bond donors (Lipinski definition) is 5. The second kappa shape index (κ2) is 14.8. The standard InChI is InChI=1S/C44H44O5/c1-3-28-18-34(22-30-10-14-39(45)15-11-30)42(47)36(20-28)24-32-25-38(44(49)41(26-32)33-8-6-5-7-9-33)27-37-21-29(4-2)19-35(43(37)48)23-31-12-16-40(46)17-13-31/h3-4,10-21,25-26,33,45-49H,1-2,5-9,22-24,27H2. The molecular formula is C44H44O5. The van der Waals surface area contributed by atoms with Crippen LogP contribution in [0.25, 0.3) is 12.2 Å². The second-order valence-electron chi connectivity index (χ2n) is 13.4. The van der Waals surface area contributed by atoms with Crippen LogP contribution in [0.3, 0.4) is 0 Å². The van der Waals surface area contributed by atoms with E-state index in [2.05, 4.69) is 19.2 Å². The van der Waals surface area contributed by atoms with Gasteiger partial charge in [-0.15, -0.1) is 0 Å². The van der Waals surface area contributed by atoms with Crippen molar-refractivity contribution in [2.24, 2.45) is 0 Å². The van der Waals surface area contributed by atoms with Gasteiger partial charge in [0.1, 0.15) is 28.7 Å². The van der Waals surface area contributed by atoms with Gasteiger partial charge in [-0.25, -0.2) is 0 Å². The maximum Gasteiger partial charge on any atom is 0.122 e. The van der Waals surface area contributed by atoms with Gasteiger partial charge in [0.25, 0.3) is 0 Å². The highest BCUT2D eigenvalue weighted by atomic mass is 16.3. The minimum absolute atomic E-state index is 0.179. The third-order valence-electron chi connectivity index (χ3n) is 9.81. The molecule has 5 heteroatoms. The summed E-state index contributed by atoms with van der Waals surface area (Å²) in [6.07, 6.45) is 10.8. The number of aromatic hydroxyl groups is 5. The number of hydrogen-bond acceptors (Lipinski definition) is 5. The van der Waals surface area contributed by atoms with E-state index in [-0.39, 0.29) is 34.7 Å². The molecule has 1 aliphatic carbocycles. The third kappa shape index (κ3) is 7.84. The first-order chi connectivity index (χ1) is 23.7.